The van der Waals surface area contributed by atoms with Crippen LogP contribution in [-0.2, 0) is 0 Å². The van der Waals surface area contributed by atoms with Crippen molar-refractivity contribution in [1.82, 2.24) is 0 Å². The summed E-state index contributed by atoms with van der Waals surface area (Å²) in [5.41, 5.74) is 3.52. The minimum absolute atomic E-state index is 0.542. The van der Waals surface area contributed by atoms with E-state index in [4.69, 9.17) is 10.7 Å². The molecule has 0 aliphatic rings. The fourth-order valence-corrected chi connectivity index (χ4v) is 1.26. The Kier molecular flexibility index (Phi) is 3.19. The van der Waals surface area contributed by atoms with Gasteiger partial charge in [-0.05, 0) is 42.7 Å². The average molecular weight is 184 g/mol. The van der Waals surface area contributed by atoms with Crippen LogP contribution in [0.3, 0.4) is 0 Å². The second kappa shape index (κ2) is 4.38. The summed E-state index contributed by atoms with van der Waals surface area (Å²) in [6.45, 7) is 3.74. The van der Waals surface area contributed by atoms with E-state index in [0.717, 1.165) is 16.7 Å². The molecule has 70 valence electrons. The highest BCUT2D eigenvalue weighted by Gasteiger charge is 1.97. The molecular formula is C12H12N2. The van der Waals surface area contributed by atoms with Gasteiger partial charge in [-0.2, -0.15) is 5.26 Å². The third-order valence-corrected chi connectivity index (χ3v) is 1.88. The van der Waals surface area contributed by atoms with Gasteiger partial charge in [-0.1, -0.05) is 12.1 Å². The molecule has 0 unspecified atom stereocenters. The molecule has 0 heterocycles. The maximum atomic E-state index is 8.40. The lowest BCUT2D eigenvalue weighted by molar-refractivity contribution is 1.40. The van der Waals surface area contributed by atoms with Gasteiger partial charge in [0, 0.05) is 11.8 Å². The molecule has 0 aliphatic heterocycles. The monoisotopic (exact) mass is 184 g/mol. The van der Waals surface area contributed by atoms with Crippen molar-refractivity contribution < 1.29 is 0 Å². The highest BCUT2D eigenvalue weighted by Crippen LogP contribution is 2.11. The van der Waals surface area contributed by atoms with Gasteiger partial charge in [0.15, 0.2) is 0 Å². The smallest absolute Gasteiger partial charge is 0.0912 e. The molecule has 0 amide bonds. The highest BCUT2D eigenvalue weighted by molar-refractivity contribution is 5.96. The van der Waals surface area contributed by atoms with Crippen LogP contribution in [0.2, 0.25) is 0 Å². The van der Waals surface area contributed by atoms with Gasteiger partial charge in [0.25, 0.3) is 0 Å². The van der Waals surface area contributed by atoms with E-state index < -0.39 is 0 Å². The lowest BCUT2D eigenvalue weighted by Crippen LogP contribution is -1.93. The Morgan fingerprint density at radius 2 is 2.14 bits per heavy atom. The second-order valence-electron chi connectivity index (χ2n) is 3.22. The van der Waals surface area contributed by atoms with Crippen molar-refractivity contribution in [3.8, 4) is 6.07 Å². The first-order valence-corrected chi connectivity index (χ1v) is 4.37. The lowest BCUT2D eigenvalue weighted by Gasteiger charge is -2.02. The Balaban J connectivity index is 3.15. The molecule has 2 nitrogen and oxygen atoms in total. The molecule has 0 aliphatic carbocycles. The van der Waals surface area contributed by atoms with Crippen molar-refractivity contribution >= 4 is 11.8 Å². The molecular weight excluding hydrogens is 172 g/mol. The van der Waals surface area contributed by atoms with Gasteiger partial charge >= 0.3 is 0 Å². The molecule has 1 N–H and O–H groups in total. The van der Waals surface area contributed by atoms with Gasteiger partial charge in [0.2, 0.25) is 0 Å². The number of allylic oxidation sites excluding steroid dienone is 1. The normalized spacial score (nSPS) is 10.1. The van der Waals surface area contributed by atoms with E-state index in [1.54, 1.807) is 13.0 Å². The van der Waals surface area contributed by atoms with Gasteiger partial charge in [0.1, 0.15) is 0 Å². The van der Waals surface area contributed by atoms with Crippen LogP contribution in [0.5, 0.6) is 0 Å². The summed E-state index contributed by atoms with van der Waals surface area (Å²) in [6.07, 6.45) is 3.19. The van der Waals surface area contributed by atoms with Gasteiger partial charge in [-0.3, -0.25) is 0 Å². The van der Waals surface area contributed by atoms with Crippen molar-refractivity contribution in [2.24, 2.45) is 0 Å². The maximum absolute atomic E-state index is 8.40. The van der Waals surface area contributed by atoms with Gasteiger partial charge in [-0.25, -0.2) is 0 Å². The Morgan fingerprint density at radius 1 is 1.43 bits per heavy atom. The molecule has 0 saturated heterocycles. The highest BCUT2D eigenvalue weighted by atomic mass is 14.4. The average Bonchev–Trinajstić information content (AvgIpc) is 2.14. The number of hydrogen-bond donors (Lipinski definition) is 1. The molecule has 0 saturated carbocycles. The number of benzene rings is 1. The quantitative estimate of drug-likeness (QED) is 0.557. The fourth-order valence-electron chi connectivity index (χ4n) is 1.26. The lowest BCUT2D eigenvalue weighted by atomic mass is 10.0. The van der Waals surface area contributed by atoms with Gasteiger partial charge < -0.3 is 5.41 Å². The zero-order valence-electron chi connectivity index (χ0n) is 8.33. The van der Waals surface area contributed by atoms with Gasteiger partial charge in [0.05, 0.1) is 6.07 Å². The van der Waals surface area contributed by atoms with Crippen LogP contribution in [0.4, 0.5) is 0 Å². The Morgan fingerprint density at radius 3 is 2.71 bits per heavy atom. The summed E-state index contributed by atoms with van der Waals surface area (Å²) in [7, 11) is 0. The summed E-state index contributed by atoms with van der Waals surface area (Å²) in [5, 5.41) is 15.9. The first-order chi connectivity index (χ1) is 6.63. The molecule has 0 radical (unpaired) electrons. The third-order valence-electron chi connectivity index (χ3n) is 1.88. The Labute approximate surface area is 84.0 Å². The second-order valence-corrected chi connectivity index (χ2v) is 3.22. The van der Waals surface area contributed by atoms with Crippen molar-refractivity contribution in [3.63, 3.8) is 0 Å². The van der Waals surface area contributed by atoms with Crippen molar-refractivity contribution in [1.29, 1.82) is 10.7 Å². The van der Waals surface area contributed by atoms with Crippen LogP contribution in [0.15, 0.2) is 24.3 Å². The van der Waals surface area contributed by atoms with Crippen molar-refractivity contribution in [3.05, 3.63) is 41.0 Å². The number of nitrogens with zero attached hydrogens (tertiary/aromatic N) is 1. The molecule has 0 fully saturated rings. The minimum Gasteiger partial charge on any atom is -0.305 e. The molecule has 1 rings (SSSR count). The summed E-state index contributed by atoms with van der Waals surface area (Å²) in [4.78, 5) is 0. The maximum Gasteiger partial charge on any atom is 0.0912 e. The van der Waals surface area contributed by atoms with Crippen LogP contribution in [-0.4, -0.2) is 5.71 Å². The first-order valence-electron chi connectivity index (χ1n) is 4.37. The SMILES string of the molecule is CC(=N)c1cc(C)cc(C=CC#N)c1. The van der Waals surface area contributed by atoms with E-state index in [9.17, 15) is 0 Å². The fraction of sp³-hybridized carbons (Fsp3) is 0.167. The summed E-state index contributed by atoms with van der Waals surface area (Å²) < 4.78 is 0. The summed E-state index contributed by atoms with van der Waals surface area (Å²) >= 11 is 0. The Bertz CT molecular complexity index is 422. The van der Waals surface area contributed by atoms with Crippen LogP contribution in [0, 0.1) is 23.7 Å². The van der Waals surface area contributed by atoms with Crippen LogP contribution in [0.1, 0.15) is 23.6 Å². The predicted octanol–water partition coefficient (Wildman–Crippen LogP) is 2.92. The molecule has 1 aromatic rings. The van der Waals surface area contributed by atoms with Gasteiger partial charge in [-0.15, -0.1) is 0 Å². The van der Waals surface area contributed by atoms with Crippen LogP contribution in [0.25, 0.3) is 6.08 Å². The van der Waals surface area contributed by atoms with Crippen molar-refractivity contribution in [2.75, 3.05) is 0 Å². The predicted molar refractivity (Wildman–Crippen MR) is 58.3 cm³/mol. The largest absolute Gasteiger partial charge is 0.305 e. The number of rotatable bonds is 2. The number of hydrogen-bond acceptors (Lipinski definition) is 2. The Hall–Kier alpha value is -1.88. The minimum atomic E-state index is 0.542. The standard InChI is InChI=1S/C12H12N2/c1-9-6-11(4-3-5-13)8-12(7-9)10(2)14/h3-4,6-8,14H,1-2H3. The number of aryl methyl sites for hydroxylation is 1. The molecule has 14 heavy (non-hydrogen) atoms. The molecule has 2 heteroatoms. The summed E-state index contributed by atoms with van der Waals surface area (Å²) in [5.74, 6) is 0. The van der Waals surface area contributed by atoms with E-state index in [1.165, 1.54) is 6.08 Å². The van der Waals surface area contributed by atoms with E-state index in [0.29, 0.717) is 5.71 Å². The molecule has 1 aromatic carbocycles. The molecule has 0 aromatic heterocycles. The molecule has 0 bridgehead atoms. The zero-order chi connectivity index (χ0) is 10.6. The number of nitrogens with one attached hydrogen (secondary N) is 1. The third kappa shape index (κ3) is 2.56. The first kappa shape index (κ1) is 10.2. The molecule has 0 spiro atoms. The van der Waals surface area contributed by atoms with E-state index in [2.05, 4.69) is 0 Å². The van der Waals surface area contributed by atoms with E-state index >= 15 is 0 Å². The summed E-state index contributed by atoms with van der Waals surface area (Å²) in [6, 6.07) is 7.81. The van der Waals surface area contributed by atoms with E-state index in [1.807, 2.05) is 31.2 Å². The van der Waals surface area contributed by atoms with Crippen LogP contribution < -0.4 is 0 Å². The molecule has 0 atom stereocenters. The van der Waals surface area contributed by atoms with Crippen LogP contribution >= 0.6 is 0 Å². The van der Waals surface area contributed by atoms with E-state index in [-0.39, 0.29) is 0 Å². The topological polar surface area (TPSA) is 47.6 Å². The van der Waals surface area contributed by atoms with Crippen molar-refractivity contribution in [2.45, 2.75) is 13.8 Å². The zero-order valence-corrected chi connectivity index (χ0v) is 8.33. The number of nitriles is 1.